The molecule has 0 bridgehead atoms. The Labute approximate surface area is 193 Å². The Bertz CT molecular complexity index is 1280. The standard InChI is InChI=1S/C21H18F3NO5S3/c1-15-13-17(30-33(28,29)25-32(26,27)21(22,23)24)14-16(2)20(15)31(18-9-5-3-6-10-18)19-11-7-4-8-12-19/h3-14H,1-2H3. The molecule has 3 rings (SSSR count). The molecule has 0 radical (unpaired) electrons. The van der Waals surface area contributed by atoms with Crippen molar-refractivity contribution in [1.29, 1.82) is 0 Å². The lowest BCUT2D eigenvalue weighted by Gasteiger charge is -2.22. The highest BCUT2D eigenvalue weighted by Gasteiger charge is 2.41. The molecular formula is C21H18F3NO5S3. The maximum absolute atomic E-state index is 12.5. The van der Waals surface area contributed by atoms with Crippen LogP contribution in [0.4, 0.5) is 13.2 Å². The molecule has 0 heterocycles. The minimum Gasteiger partial charge on any atom is -0.395 e. The SMILES string of the molecule is Cc1cc(OS(=O)(=O)[N-]S(=O)(=O)C(F)(F)F)cc(C)c1[S+](c1ccccc1)c1ccccc1. The largest absolute Gasteiger partial charge is 0.480 e. The van der Waals surface area contributed by atoms with Crippen molar-refractivity contribution < 1.29 is 34.2 Å². The predicted molar refractivity (Wildman–Crippen MR) is 119 cm³/mol. The zero-order valence-corrected chi connectivity index (χ0v) is 19.7. The smallest absolute Gasteiger partial charge is 0.395 e. The molecule has 0 unspecified atom stereocenters. The lowest BCUT2D eigenvalue weighted by Crippen LogP contribution is -2.25. The van der Waals surface area contributed by atoms with E-state index in [4.69, 9.17) is 0 Å². The van der Waals surface area contributed by atoms with Gasteiger partial charge in [0.2, 0.25) is 10.3 Å². The van der Waals surface area contributed by atoms with Crippen molar-refractivity contribution in [2.75, 3.05) is 0 Å². The molecule has 0 atom stereocenters. The van der Waals surface area contributed by atoms with E-state index in [0.717, 1.165) is 14.7 Å². The second-order valence-corrected chi connectivity index (χ2v) is 11.8. The molecule has 0 aliphatic heterocycles. The molecule has 0 aliphatic carbocycles. The van der Waals surface area contributed by atoms with Gasteiger partial charge in [-0.25, -0.2) is 16.8 Å². The number of benzene rings is 3. The van der Waals surface area contributed by atoms with Crippen molar-refractivity contribution >= 4 is 31.2 Å². The van der Waals surface area contributed by atoms with Gasteiger partial charge in [-0.3, -0.25) is 0 Å². The first kappa shape index (κ1) is 25.1. The maximum atomic E-state index is 12.5. The van der Waals surface area contributed by atoms with Gasteiger partial charge >= 0.3 is 5.51 Å². The van der Waals surface area contributed by atoms with Crippen molar-refractivity contribution in [3.63, 3.8) is 0 Å². The highest BCUT2D eigenvalue weighted by molar-refractivity contribution is 8.10. The summed E-state index contributed by atoms with van der Waals surface area (Å²) in [6.07, 6.45) is 0. The van der Waals surface area contributed by atoms with E-state index in [1.807, 2.05) is 64.8 Å². The van der Waals surface area contributed by atoms with Gasteiger partial charge in [-0.1, -0.05) is 36.4 Å². The summed E-state index contributed by atoms with van der Waals surface area (Å²) in [4.78, 5) is 2.88. The number of aryl methyl sites for hydroxylation is 2. The Morgan fingerprint density at radius 2 is 1.21 bits per heavy atom. The van der Waals surface area contributed by atoms with Crippen LogP contribution in [0.5, 0.6) is 5.75 Å². The maximum Gasteiger partial charge on any atom is 0.480 e. The predicted octanol–water partition coefficient (Wildman–Crippen LogP) is 5.25. The Morgan fingerprint density at radius 1 is 0.788 bits per heavy atom. The molecule has 33 heavy (non-hydrogen) atoms. The van der Waals surface area contributed by atoms with Gasteiger partial charge in [-0.05, 0) is 50.2 Å². The van der Waals surface area contributed by atoms with Crippen LogP contribution in [0.1, 0.15) is 11.1 Å². The van der Waals surface area contributed by atoms with Gasteiger partial charge in [-0.15, -0.1) is 0 Å². The second kappa shape index (κ2) is 9.37. The van der Waals surface area contributed by atoms with Crippen LogP contribution in [-0.2, 0) is 31.2 Å². The molecule has 0 fully saturated rings. The second-order valence-electron chi connectivity index (χ2n) is 6.82. The molecule has 0 spiro atoms. The molecule has 3 aromatic rings. The Kier molecular flexibility index (Phi) is 7.13. The fraction of sp³-hybridized carbons (Fsp3) is 0.143. The lowest BCUT2D eigenvalue weighted by atomic mass is 10.1. The number of halogens is 3. The van der Waals surface area contributed by atoms with Gasteiger partial charge in [0.1, 0.15) is 5.75 Å². The van der Waals surface area contributed by atoms with E-state index >= 15 is 0 Å². The van der Waals surface area contributed by atoms with Crippen LogP contribution in [0.2, 0.25) is 0 Å². The number of alkyl halides is 3. The van der Waals surface area contributed by atoms with Crippen LogP contribution in [0.3, 0.4) is 0 Å². The summed E-state index contributed by atoms with van der Waals surface area (Å²) in [5.41, 5.74) is -4.65. The summed E-state index contributed by atoms with van der Waals surface area (Å²) in [5.74, 6) is -0.348. The monoisotopic (exact) mass is 517 g/mol. The van der Waals surface area contributed by atoms with Crippen molar-refractivity contribution in [2.45, 2.75) is 34.0 Å². The molecule has 0 saturated heterocycles. The van der Waals surface area contributed by atoms with Crippen LogP contribution in [0, 0.1) is 13.8 Å². The number of hydrogen-bond acceptors (Lipinski definition) is 5. The molecule has 6 nitrogen and oxygen atoms in total. The highest BCUT2D eigenvalue weighted by Crippen LogP contribution is 2.38. The molecule has 0 aromatic heterocycles. The minimum absolute atomic E-state index is 0.348. The van der Waals surface area contributed by atoms with E-state index in [1.54, 1.807) is 13.8 Å². The zero-order valence-electron chi connectivity index (χ0n) is 17.3. The molecule has 0 aliphatic rings. The molecule has 3 aromatic carbocycles. The fourth-order valence-corrected chi connectivity index (χ4v) is 7.19. The van der Waals surface area contributed by atoms with E-state index in [9.17, 15) is 30.0 Å². The van der Waals surface area contributed by atoms with E-state index < -0.39 is 36.7 Å². The summed E-state index contributed by atoms with van der Waals surface area (Å²) in [7, 11) is -12.3. The number of hydrogen-bond donors (Lipinski definition) is 0. The van der Waals surface area contributed by atoms with E-state index in [2.05, 4.69) is 4.18 Å². The summed E-state index contributed by atoms with van der Waals surface area (Å²) in [6.45, 7) is 3.41. The van der Waals surface area contributed by atoms with Gasteiger partial charge in [0.05, 0.1) is 10.9 Å². The average molecular weight is 518 g/mol. The molecular weight excluding hydrogens is 499 g/mol. The molecule has 0 N–H and O–H groups in total. The highest BCUT2D eigenvalue weighted by atomic mass is 32.3. The van der Waals surface area contributed by atoms with Gasteiger partial charge in [0.25, 0.3) is 0 Å². The first-order valence-corrected chi connectivity index (χ1v) is 13.3. The van der Waals surface area contributed by atoms with E-state index in [0.29, 0.717) is 11.1 Å². The first-order chi connectivity index (χ1) is 15.3. The molecule has 12 heteroatoms. The van der Waals surface area contributed by atoms with Crippen molar-refractivity contribution in [3.8, 4) is 5.75 Å². The van der Waals surface area contributed by atoms with Crippen LogP contribution < -0.4 is 4.18 Å². The minimum atomic E-state index is -6.28. The normalized spacial score (nSPS) is 12.7. The third-order valence-electron chi connectivity index (χ3n) is 4.28. The van der Waals surface area contributed by atoms with Gasteiger partial charge < -0.3 is 8.31 Å². The summed E-state index contributed by atoms with van der Waals surface area (Å²) >= 11 is 0. The topological polar surface area (TPSA) is 91.6 Å². The Morgan fingerprint density at radius 3 is 1.61 bits per heavy atom. The van der Waals surface area contributed by atoms with Crippen molar-refractivity contribution in [1.82, 2.24) is 0 Å². The third-order valence-corrected chi connectivity index (χ3v) is 9.32. The average Bonchev–Trinajstić information content (AvgIpc) is 2.70. The lowest BCUT2D eigenvalue weighted by molar-refractivity contribution is -0.0425. The molecule has 0 amide bonds. The zero-order chi connectivity index (χ0) is 24.4. The van der Waals surface area contributed by atoms with E-state index in [1.165, 1.54) is 12.1 Å². The van der Waals surface area contributed by atoms with Gasteiger partial charge in [0, 0.05) is 11.1 Å². The summed E-state index contributed by atoms with van der Waals surface area (Å²) in [6, 6.07) is 21.9. The van der Waals surface area contributed by atoms with Crippen molar-refractivity contribution in [2.24, 2.45) is 0 Å². The van der Waals surface area contributed by atoms with Gasteiger partial charge in [-0.2, -0.15) is 13.2 Å². The quantitative estimate of drug-likeness (QED) is 0.400. The number of sulfonamides is 1. The number of rotatable bonds is 7. The Hall–Kier alpha value is -2.54. The van der Waals surface area contributed by atoms with Crippen LogP contribution in [0.15, 0.2) is 87.5 Å². The Balaban J connectivity index is 2.02. The molecule has 176 valence electrons. The summed E-state index contributed by atoms with van der Waals surface area (Å²) < 4.78 is 89.9. The summed E-state index contributed by atoms with van der Waals surface area (Å²) in [5, 5.41) is 0. The fourth-order valence-electron chi connectivity index (χ4n) is 3.06. The number of nitrogens with zero attached hydrogens (tertiary/aromatic N) is 1. The first-order valence-electron chi connectivity index (χ1n) is 9.26. The van der Waals surface area contributed by atoms with Crippen LogP contribution >= 0.6 is 0 Å². The van der Waals surface area contributed by atoms with Gasteiger partial charge in [0.15, 0.2) is 24.7 Å². The van der Waals surface area contributed by atoms with Crippen LogP contribution in [-0.4, -0.2) is 22.3 Å². The molecule has 0 saturated carbocycles. The third kappa shape index (κ3) is 5.88. The van der Waals surface area contributed by atoms with Crippen molar-refractivity contribution in [3.05, 3.63) is 88.1 Å². The van der Waals surface area contributed by atoms with Crippen LogP contribution in [0.25, 0.3) is 4.13 Å². The van der Waals surface area contributed by atoms with E-state index in [-0.39, 0.29) is 5.75 Å².